The molecule has 0 radical (unpaired) electrons. The van der Waals surface area contributed by atoms with Gasteiger partial charge in [0.25, 0.3) is 0 Å². The molecule has 3 rings (SSSR count). The first kappa shape index (κ1) is 14.7. The second kappa shape index (κ2) is 5.90. The third-order valence-corrected chi connectivity index (χ3v) is 3.81. The summed E-state index contributed by atoms with van der Waals surface area (Å²) in [5.41, 5.74) is 3.23. The monoisotopic (exact) mass is 314 g/mol. The summed E-state index contributed by atoms with van der Waals surface area (Å²) in [5, 5.41) is 0.318. The predicted molar refractivity (Wildman–Crippen MR) is 87.0 cm³/mol. The maximum Gasteiger partial charge on any atom is 0.132 e. The van der Waals surface area contributed by atoms with E-state index in [1.807, 2.05) is 31.2 Å². The molecule has 3 aromatic rings. The summed E-state index contributed by atoms with van der Waals surface area (Å²) in [6, 6.07) is 16.7. The normalized spacial score (nSPS) is 10.7. The van der Waals surface area contributed by atoms with Gasteiger partial charge in [-0.15, -0.1) is 0 Å². The molecule has 0 aliphatic rings. The van der Waals surface area contributed by atoms with Crippen LogP contribution in [0.25, 0.3) is 22.3 Å². The Morgan fingerprint density at radius 3 is 1.86 bits per heavy atom. The van der Waals surface area contributed by atoms with Crippen molar-refractivity contribution >= 4 is 11.6 Å². The van der Waals surface area contributed by atoms with Crippen molar-refractivity contribution in [3.63, 3.8) is 0 Å². The zero-order valence-corrected chi connectivity index (χ0v) is 12.7. The Morgan fingerprint density at radius 1 is 0.682 bits per heavy atom. The van der Waals surface area contributed by atoms with Gasteiger partial charge in [-0.3, -0.25) is 0 Å². The Balaban J connectivity index is 2.03. The number of aryl methyl sites for hydroxylation is 1. The van der Waals surface area contributed by atoms with E-state index in [1.54, 1.807) is 24.3 Å². The first-order valence-corrected chi connectivity index (χ1v) is 7.24. The fourth-order valence-electron chi connectivity index (χ4n) is 2.37. The van der Waals surface area contributed by atoms with E-state index >= 15 is 0 Å². The Labute approximate surface area is 133 Å². The molecule has 0 spiro atoms. The molecular formula is C19H13ClF2. The van der Waals surface area contributed by atoms with E-state index in [9.17, 15) is 8.78 Å². The van der Waals surface area contributed by atoms with Gasteiger partial charge in [-0.1, -0.05) is 53.6 Å². The molecule has 22 heavy (non-hydrogen) atoms. The van der Waals surface area contributed by atoms with Gasteiger partial charge in [0.1, 0.15) is 11.6 Å². The molecule has 0 amide bonds. The molecule has 3 heteroatoms. The molecule has 0 aliphatic carbocycles. The molecule has 0 saturated heterocycles. The van der Waals surface area contributed by atoms with Crippen molar-refractivity contribution in [3.05, 3.63) is 82.9 Å². The molecule has 110 valence electrons. The number of benzene rings is 3. The lowest BCUT2D eigenvalue weighted by Crippen LogP contribution is -1.89. The van der Waals surface area contributed by atoms with Gasteiger partial charge in [-0.2, -0.15) is 0 Å². The molecule has 0 N–H and O–H groups in total. The topological polar surface area (TPSA) is 0 Å². The highest BCUT2D eigenvalue weighted by Gasteiger charge is 2.10. The number of rotatable bonds is 2. The van der Waals surface area contributed by atoms with Crippen molar-refractivity contribution in [2.75, 3.05) is 0 Å². The zero-order valence-electron chi connectivity index (χ0n) is 11.9. The van der Waals surface area contributed by atoms with E-state index in [2.05, 4.69) is 0 Å². The van der Waals surface area contributed by atoms with E-state index in [-0.39, 0.29) is 5.82 Å². The summed E-state index contributed by atoms with van der Waals surface area (Å²) in [5.74, 6) is -0.842. The van der Waals surface area contributed by atoms with Gasteiger partial charge < -0.3 is 0 Å². The van der Waals surface area contributed by atoms with E-state index in [0.717, 1.165) is 11.1 Å². The van der Waals surface area contributed by atoms with Crippen molar-refractivity contribution in [2.24, 2.45) is 0 Å². The lowest BCUT2D eigenvalue weighted by Gasteiger charge is -2.08. The van der Waals surface area contributed by atoms with Crippen molar-refractivity contribution in [3.8, 4) is 22.3 Å². The molecule has 0 saturated carbocycles. The van der Waals surface area contributed by atoms with E-state index in [4.69, 9.17) is 11.6 Å². The van der Waals surface area contributed by atoms with Crippen LogP contribution in [-0.2, 0) is 0 Å². The lowest BCUT2D eigenvalue weighted by molar-refractivity contribution is 0.626. The first-order valence-electron chi connectivity index (χ1n) is 6.86. The van der Waals surface area contributed by atoms with Gasteiger partial charge in [0, 0.05) is 16.1 Å². The number of hydrogen-bond donors (Lipinski definition) is 0. The maximum atomic E-state index is 14.4. The smallest absolute Gasteiger partial charge is 0.132 e. The maximum absolute atomic E-state index is 14.4. The summed E-state index contributed by atoms with van der Waals surface area (Å²) in [6.07, 6.45) is 0. The summed E-state index contributed by atoms with van der Waals surface area (Å²) in [7, 11) is 0. The van der Waals surface area contributed by atoms with Crippen LogP contribution < -0.4 is 0 Å². The second-order valence-corrected chi connectivity index (χ2v) is 5.62. The summed E-state index contributed by atoms with van der Waals surface area (Å²) < 4.78 is 28.3. The van der Waals surface area contributed by atoms with Crippen molar-refractivity contribution in [1.82, 2.24) is 0 Å². The van der Waals surface area contributed by atoms with E-state index in [0.29, 0.717) is 21.7 Å². The molecule has 0 bridgehead atoms. The lowest BCUT2D eigenvalue weighted by atomic mass is 9.99. The average molecular weight is 315 g/mol. The minimum Gasteiger partial charge on any atom is -0.206 e. The molecule has 0 aromatic heterocycles. The highest BCUT2D eigenvalue weighted by atomic mass is 35.5. The minimum atomic E-state index is -0.463. The van der Waals surface area contributed by atoms with Crippen LogP contribution >= 0.6 is 11.6 Å². The summed E-state index contributed by atoms with van der Waals surface area (Å²) in [4.78, 5) is 0. The molecule has 0 aliphatic heterocycles. The molecule has 0 fully saturated rings. The van der Waals surface area contributed by atoms with Crippen molar-refractivity contribution in [2.45, 2.75) is 6.92 Å². The van der Waals surface area contributed by atoms with Crippen LogP contribution in [0.4, 0.5) is 8.78 Å². The van der Waals surface area contributed by atoms with Crippen LogP contribution in [0.1, 0.15) is 5.56 Å². The highest BCUT2D eigenvalue weighted by molar-refractivity contribution is 6.30. The van der Waals surface area contributed by atoms with Crippen LogP contribution in [0, 0.1) is 18.6 Å². The first-order chi connectivity index (χ1) is 10.5. The Bertz CT molecular complexity index is 823. The molecule has 0 heterocycles. The van der Waals surface area contributed by atoms with E-state index < -0.39 is 5.82 Å². The van der Waals surface area contributed by atoms with E-state index in [1.165, 1.54) is 12.1 Å². The Kier molecular flexibility index (Phi) is 3.95. The molecule has 3 aromatic carbocycles. The van der Waals surface area contributed by atoms with Gasteiger partial charge in [-0.05, 0) is 42.3 Å². The zero-order chi connectivity index (χ0) is 15.7. The standard InChI is InChI=1S/C19H13ClF2/c1-12-2-4-13(5-3-12)16-8-6-14(10-18(16)21)17-9-7-15(20)11-19(17)22/h2-11H,1H3. The van der Waals surface area contributed by atoms with Crippen LogP contribution in [0.3, 0.4) is 0 Å². The van der Waals surface area contributed by atoms with Crippen molar-refractivity contribution in [1.29, 1.82) is 0 Å². The fourth-order valence-corrected chi connectivity index (χ4v) is 2.53. The largest absolute Gasteiger partial charge is 0.206 e. The van der Waals surface area contributed by atoms with Gasteiger partial charge in [-0.25, -0.2) is 8.78 Å². The van der Waals surface area contributed by atoms with Crippen LogP contribution in [0.5, 0.6) is 0 Å². The minimum absolute atomic E-state index is 0.318. The van der Waals surface area contributed by atoms with Gasteiger partial charge in [0.05, 0.1) is 0 Å². The Hall–Kier alpha value is -2.19. The SMILES string of the molecule is Cc1ccc(-c2ccc(-c3ccc(Cl)cc3F)cc2F)cc1. The number of hydrogen-bond acceptors (Lipinski definition) is 0. The third-order valence-electron chi connectivity index (χ3n) is 3.57. The second-order valence-electron chi connectivity index (χ2n) is 5.18. The van der Waals surface area contributed by atoms with Gasteiger partial charge in [0.15, 0.2) is 0 Å². The molecule has 0 nitrogen and oxygen atoms in total. The van der Waals surface area contributed by atoms with Crippen LogP contribution in [0.2, 0.25) is 5.02 Å². The van der Waals surface area contributed by atoms with Crippen molar-refractivity contribution < 1.29 is 8.78 Å². The fraction of sp³-hybridized carbons (Fsp3) is 0.0526. The quantitative estimate of drug-likeness (QED) is 0.523. The molecule has 0 unspecified atom stereocenters. The van der Waals surface area contributed by atoms with Crippen LogP contribution in [0.15, 0.2) is 60.7 Å². The average Bonchev–Trinajstić information content (AvgIpc) is 2.48. The highest BCUT2D eigenvalue weighted by Crippen LogP contribution is 2.30. The molecule has 0 atom stereocenters. The predicted octanol–water partition coefficient (Wildman–Crippen LogP) is 6.26. The summed E-state index contributed by atoms with van der Waals surface area (Å²) >= 11 is 5.74. The van der Waals surface area contributed by atoms with Crippen LogP contribution in [-0.4, -0.2) is 0 Å². The van der Waals surface area contributed by atoms with Gasteiger partial charge >= 0.3 is 0 Å². The van der Waals surface area contributed by atoms with Gasteiger partial charge in [0.2, 0.25) is 0 Å². The third kappa shape index (κ3) is 2.88. The summed E-state index contributed by atoms with van der Waals surface area (Å²) in [6.45, 7) is 1.98. The molecular weight excluding hydrogens is 302 g/mol. The Morgan fingerprint density at radius 2 is 1.23 bits per heavy atom. The number of halogens is 3.